The van der Waals surface area contributed by atoms with Crippen LogP contribution in [-0.4, -0.2) is 17.6 Å². The summed E-state index contributed by atoms with van der Waals surface area (Å²) in [6, 6.07) is 11.3. The van der Waals surface area contributed by atoms with Crippen LogP contribution in [0.5, 0.6) is 0 Å². The van der Waals surface area contributed by atoms with Gasteiger partial charge in [0.2, 0.25) is 0 Å². The Morgan fingerprint density at radius 3 is 2.90 bits per heavy atom. The van der Waals surface area contributed by atoms with Gasteiger partial charge in [-0.25, -0.2) is 4.98 Å². The number of para-hydroxylation sites is 1. The maximum absolute atomic E-state index is 6.18. The zero-order valence-electron chi connectivity index (χ0n) is 12.3. The summed E-state index contributed by atoms with van der Waals surface area (Å²) in [4.78, 5) is 7.49. The third-order valence-corrected chi connectivity index (χ3v) is 5.51. The second kappa shape index (κ2) is 5.49. The van der Waals surface area contributed by atoms with Crippen molar-refractivity contribution in [2.45, 2.75) is 44.0 Å². The molecule has 2 atom stereocenters. The van der Waals surface area contributed by atoms with E-state index in [1.165, 1.54) is 43.1 Å². The van der Waals surface area contributed by atoms with Crippen LogP contribution in [0.25, 0.3) is 10.9 Å². The van der Waals surface area contributed by atoms with Gasteiger partial charge >= 0.3 is 0 Å². The monoisotopic (exact) mass is 300 g/mol. The molecule has 4 rings (SSSR count). The molecule has 21 heavy (non-hydrogen) atoms. The van der Waals surface area contributed by atoms with Crippen molar-refractivity contribution in [3.63, 3.8) is 0 Å². The Bertz CT molecular complexity index is 655. The van der Waals surface area contributed by atoms with Crippen molar-refractivity contribution in [2.75, 3.05) is 11.4 Å². The first-order valence-electron chi connectivity index (χ1n) is 8.08. The van der Waals surface area contributed by atoms with E-state index in [0.29, 0.717) is 11.9 Å². The van der Waals surface area contributed by atoms with Crippen molar-refractivity contribution in [1.82, 2.24) is 4.98 Å². The summed E-state index contributed by atoms with van der Waals surface area (Å²) >= 11 is 6.18. The highest BCUT2D eigenvalue weighted by molar-refractivity contribution is 6.18. The van der Waals surface area contributed by atoms with E-state index in [9.17, 15) is 0 Å². The third kappa shape index (κ3) is 2.30. The molecule has 0 bridgehead atoms. The van der Waals surface area contributed by atoms with Crippen molar-refractivity contribution in [1.29, 1.82) is 0 Å². The quantitative estimate of drug-likeness (QED) is 0.745. The highest BCUT2D eigenvalue weighted by atomic mass is 35.5. The minimum absolute atomic E-state index is 0.554. The number of nitrogens with zero attached hydrogens (tertiary/aromatic N) is 2. The topological polar surface area (TPSA) is 16.1 Å². The number of hydrogen-bond donors (Lipinski definition) is 0. The summed E-state index contributed by atoms with van der Waals surface area (Å²) in [6.45, 7) is 1.15. The molecule has 1 aromatic carbocycles. The van der Waals surface area contributed by atoms with Gasteiger partial charge in [-0.2, -0.15) is 0 Å². The van der Waals surface area contributed by atoms with Crippen LogP contribution in [-0.2, 0) is 5.88 Å². The van der Waals surface area contributed by atoms with E-state index in [0.717, 1.165) is 23.8 Å². The number of alkyl halides is 1. The zero-order chi connectivity index (χ0) is 14.2. The third-order valence-electron chi connectivity index (χ3n) is 5.22. The van der Waals surface area contributed by atoms with E-state index in [4.69, 9.17) is 16.6 Å². The van der Waals surface area contributed by atoms with Crippen LogP contribution in [0.1, 0.15) is 37.7 Å². The van der Waals surface area contributed by atoms with Crippen molar-refractivity contribution < 1.29 is 0 Å². The van der Waals surface area contributed by atoms with E-state index in [-0.39, 0.29) is 0 Å². The fourth-order valence-electron chi connectivity index (χ4n) is 4.23. The molecule has 0 amide bonds. The normalized spacial score (nSPS) is 25.3. The number of rotatable bonds is 2. The number of pyridine rings is 1. The van der Waals surface area contributed by atoms with E-state index < -0.39 is 0 Å². The molecular formula is C18H21ClN2. The fraction of sp³-hybridized carbons (Fsp3) is 0.500. The summed E-state index contributed by atoms with van der Waals surface area (Å²) in [6.07, 6.45) is 6.80. The summed E-state index contributed by atoms with van der Waals surface area (Å²) in [5.74, 6) is 2.57. The molecule has 1 saturated heterocycles. The summed E-state index contributed by atoms with van der Waals surface area (Å²) in [5.41, 5.74) is 2.28. The number of hydrogen-bond acceptors (Lipinski definition) is 2. The molecule has 1 aromatic heterocycles. The van der Waals surface area contributed by atoms with Crippen LogP contribution < -0.4 is 4.90 Å². The Hall–Kier alpha value is -1.28. The molecule has 2 aromatic rings. The van der Waals surface area contributed by atoms with Gasteiger partial charge in [0.1, 0.15) is 5.82 Å². The van der Waals surface area contributed by atoms with Crippen molar-refractivity contribution >= 4 is 28.3 Å². The second-order valence-corrected chi connectivity index (χ2v) is 6.65. The minimum atomic E-state index is 0.554. The lowest BCUT2D eigenvalue weighted by Crippen LogP contribution is -2.43. The van der Waals surface area contributed by atoms with Crippen LogP contribution >= 0.6 is 11.6 Å². The van der Waals surface area contributed by atoms with Crippen LogP contribution in [0, 0.1) is 5.92 Å². The molecule has 1 saturated carbocycles. The van der Waals surface area contributed by atoms with Gasteiger partial charge in [0.25, 0.3) is 0 Å². The average Bonchev–Trinajstić information content (AvgIpc) is 3.02. The van der Waals surface area contributed by atoms with Gasteiger partial charge in [-0.3, -0.25) is 0 Å². The molecule has 2 aliphatic rings. The molecule has 0 N–H and O–H groups in total. The molecule has 110 valence electrons. The van der Waals surface area contributed by atoms with Crippen LogP contribution in [0.4, 0.5) is 5.82 Å². The Balaban J connectivity index is 1.79. The molecule has 2 heterocycles. The molecule has 0 radical (unpaired) electrons. The van der Waals surface area contributed by atoms with E-state index >= 15 is 0 Å². The number of piperidine rings is 1. The highest BCUT2D eigenvalue weighted by Gasteiger charge is 2.35. The minimum Gasteiger partial charge on any atom is -0.353 e. The van der Waals surface area contributed by atoms with Gasteiger partial charge < -0.3 is 4.90 Å². The highest BCUT2D eigenvalue weighted by Crippen LogP contribution is 2.39. The van der Waals surface area contributed by atoms with Crippen molar-refractivity contribution in [2.24, 2.45) is 5.92 Å². The van der Waals surface area contributed by atoms with Crippen LogP contribution in [0.15, 0.2) is 30.3 Å². The molecule has 1 aliphatic carbocycles. The van der Waals surface area contributed by atoms with E-state index in [2.05, 4.69) is 35.2 Å². The van der Waals surface area contributed by atoms with Crippen molar-refractivity contribution in [3.05, 3.63) is 35.9 Å². The lowest BCUT2D eigenvalue weighted by atomic mass is 9.92. The maximum Gasteiger partial charge on any atom is 0.129 e. The first kappa shape index (κ1) is 13.4. The number of halogens is 1. The summed E-state index contributed by atoms with van der Waals surface area (Å²) in [5, 5.41) is 1.19. The van der Waals surface area contributed by atoms with Gasteiger partial charge in [0, 0.05) is 23.9 Å². The lowest BCUT2D eigenvalue weighted by molar-refractivity contribution is 0.361. The fourth-order valence-corrected chi connectivity index (χ4v) is 4.45. The SMILES string of the molecule is ClCc1cc(N2CCCC3CCCC32)nc2ccccc12. The van der Waals surface area contributed by atoms with Crippen molar-refractivity contribution in [3.8, 4) is 0 Å². The van der Waals surface area contributed by atoms with Gasteiger partial charge in [-0.15, -0.1) is 11.6 Å². The zero-order valence-corrected chi connectivity index (χ0v) is 13.0. The lowest BCUT2D eigenvalue weighted by Gasteiger charge is -2.39. The molecular weight excluding hydrogens is 280 g/mol. The second-order valence-electron chi connectivity index (χ2n) is 6.38. The number of fused-ring (bicyclic) bond motifs is 2. The Kier molecular flexibility index (Phi) is 3.50. The van der Waals surface area contributed by atoms with E-state index in [1.807, 2.05) is 0 Å². The Morgan fingerprint density at radius 2 is 2.00 bits per heavy atom. The molecule has 0 spiro atoms. The van der Waals surface area contributed by atoms with Crippen LogP contribution in [0.3, 0.4) is 0 Å². The number of aromatic nitrogens is 1. The maximum atomic E-state index is 6.18. The van der Waals surface area contributed by atoms with Gasteiger partial charge in [0.15, 0.2) is 0 Å². The molecule has 2 unspecified atom stereocenters. The molecule has 1 aliphatic heterocycles. The molecule has 2 fully saturated rings. The van der Waals surface area contributed by atoms with Gasteiger partial charge in [-0.1, -0.05) is 24.6 Å². The summed E-state index contributed by atoms with van der Waals surface area (Å²) < 4.78 is 0. The van der Waals surface area contributed by atoms with Crippen LogP contribution in [0.2, 0.25) is 0 Å². The number of benzene rings is 1. The predicted octanol–water partition coefficient (Wildman–Crippen LogP) is 4.74. The Labute approximate surface area is 131 Å². The van der Waals surface area contributed by atoms with E-state index in [1.54, 1.807) is 0 Å². The van der Waals surface area contributed by atoms with Gasteiger partial charge in [-0.05, 0) is 49.3 Å². The largest absolute Gasteiger partial charge is 0.353 e. The predicted molar refractivity (Wildman–Crippen MR) is 89.0 cm³/mol. The average molecular weight is 301 g/mol. The molecule has 2 nitrogen and oxygen atoms in total. The molecule has 3 heteroatoms. The van der Waals surface area contributed by atoms with Gasteiger partial charge in [0.05, 0.1) is 5.52 Å². The summed E-state index contributed by atoms with van der Waals surface area (Å²) in [7, 11) is 0. The number of anilines is 1. The standard InChI is InChI=1S/C18H21ClN2/c19-12-14-11-18(20-16-8-2-1-7-15(14)16)21-10-4-6-13-5-3-9-17(13)21/h1-2,7-8,11,13,17H,3-6,9-10,12H2. The Morgan fingerprint density at radius 1 is 1.14 bits per heavy atom. The first-order valence-corrected chi connectivity index (χ1v) is 8.61. The first-order chi connectivity index (χ1) is 10.4. The smallest absolute Gasteiger partial charge is 0.129 e.